The van der Waals surface area contributed by atoms with Crippen molar-refractivity contribution in [2.75, 3.05) is 19.6 Å². The minimum atomic E-state index is 0.477. The molecule has 0 aromatic heterocycles. The summed E-state index contributed by atoms with van der Waals surface area (Å²) >= 11 is 0. The Hall–Kier alpha value is -0.120. The highest BCUT2D eigenvalue weighted by atomic mass is 16.5. The summed E-state index contributed by atoms with van der Waals surface area (Å²) in [5.41, 5.74) is 0. The first-order valence-corrected chi connectivity index (χ1v) is 4.56. The lowest BCUT2D eigenvalue weighted by atomic mass is 9.98. The van der Waals surface area contributed by atoms with E-state index in [0.29, 0.717) is 18.4 Å². The van der Waals surface area contributed by atoms with Crippen LogP contribution in [0.5, 0.6) is 0 Å². The Kier molecular flexibility index (Phi) is 1.27. The van der Waals surface area contributed by atoms with Crippen molar-refractivity contribution in [3.05, 3.63) is 0 Å². The van der Waals surface area contributed by atoms with Gasteiger partial charge >= 0.3 is 0 Å². The first-order valence-electron chi connectivity index (χ1n) is 4.56. The van der Waals surface area contributed by atoms with Gasteiger partial charge in [0.1, 0.15) is 0 Å². The lowest BCUT2D eigenvalue weighted by Gasteiger charge is -2.53. The fourth-order valence-corrected chi connectivity index (χ4v) is 2.55. The highest BCUT2D eigenvalue weighted by molar-refractivity contribution is 4.95. The summed E-state index contributed by atoms with van der Waals surface area (Å²) in [6.45, 7) is 3.50. The second-order valence-corrected chi connectivity index (χ2v) is 3.79. The van der Waals surface area contributed by atoms with Crippen LogP contribution in [0.2, 0.25) is 0 Å². The second-order valence-electron chi connectivity index (χ2n) is 3.79. The van der Waals surface area contributed by atoms with Crippen molar-refractivity contribution in [2.45, 2.75) is 31.2 Å². The Morgan fingerprint density at radius 1 is 1.45 bits per heavy atom. The third kappa shape index (κ3) is 0.849. The van der Waals surface area contributed by atoms with Gasteiger partial charge in [0, 0.05) is 13.1 Å². The van der Waals surface area contributed by atoms with Crippen LogP contribution in [0.1, 0.15) is 12.8 Å². The van der Waals surface area contributed by atoms with Crippen LogP contribution in [0, 0.1) is 0 Å². The predicted molar refractivity (Wildman–Crippen MR) is 41.3 cm³/mol. The molecule has 11 heavy (non-hydrogen) atoms. The molecule has 4 aliphatic rings. The molecule has 4 fully saturated rings. The summed E-state index contributed by atoms with van der Waals surface area (Å²) in [5, 5.41) is 3.52. The molecule has 0 radical (unpaired) electrons. The van der Waals surface area contributed by atoms with Gasteiger partial charge in [0.2, 0.25) is 0 Å². The molecule has 0 aromatic rings. The Labute approximate surface area is 66.7 Å². The molecule has 0 amide bonds. The number of morpholine rings is 2. The first kappa shape index (κ1) is 6.40. The summed E-state index contributed by atoms with van der Waals surface area (Å²) in [4.78, 5) is 2.53. The lowest BCUT2D eigenvalue weighted by Crippen LogP contribution is -2.70. The zero-order chi connectivity index (χ0) is 7.26. The molecular weight excluding hydrogens is 140 g/mol. The summed E-state index contributed by atoms with van der Waals surface area (Å²) in [7, 11) is 0. The molecular formula is C8H14N2O. The largest absolute Gasteiger partial charge is 0.369 e. The summed E-state index contributed by atoms with van der Waals surface area (Å²) < 4.78 is 5.85. The third-order valence-electron chi connectivity index (χ3n) is 3.04. The van der Waals surface area contributed by atoms with E-state index >= 15 is 0 Å². The fourth-order valence-electron chi connectivity index (χ4n) is 2.55. The number of hydrogen-bond acceptors (Lipinski definition) is 3. The molecule has 3 nitrogen and oxygen atoms in total. The molecule has 0 spiro atoms. The van der Waals surface area contributed by atoms with Crippen molar-refractivity contribution in [1.29, 1.82) is 0 Å². The van der Waals surface area contributed by atoms with Gasteiger partial charge in [0.25, 0.3) is 0 Å². The predicted octanol–water partition coefficient (Wildman–Crippen LogP) is -0.221. The van der Waals surface area contributed by atoms with E-state index in [1.54, 1.807) is 0 Å². The van der Waals surface area contributed by atoms with Gasteiger partial charge in [-0.25, -0.2) is 0 Å². The molecule has 3 heteroatoms. The smallest absolute Gasteiger partial charge is 0.0869 e. The molecule has 0 saturated carbocycles. The van der Waals surface area contributed by atoms with Crippen LogP contribution in [0.25, 0.3) is 0 Å². The minimum absolute atomic E-state index is 0.477. The van der Waals surface area contributed by atoms with Gasteiger partial charge in [-0.15, -0.1) is 0 Å². The van der Waals surface area contributed by atoms with Crippen molar-refractivity contribution in [3.8, 4) is 0 Å². The van der Waals surface area contributed by atoms with E-state index < -0.39 is 0 Å². The standard InChI is InChI=1S/C8H14N2O/c1-2-7-8-9-4-6(11-7)5-10(8)3-1/h6-9H,1-5H2/t6?,7-,8?/m0/s1. The molecule has 4 rings (SSSR count). The van der Waals surface area contributed by atoms with E-state index in [2.05, 4.69) is 10.2 Å². The van der Waals surface area contributed by atoms with Crippen molar-refractivity contribution >= 4 is 0 Å². The fraction of sp³-hybridized carbons (Fsp3) is 1.00. The molecule has 4 heterocycles. The van der Waals surface area contributed by atoms with E-state index in [9.17, 15) is 0 Å². The Morgan fingerprint density at radius 3 is 3.18 bits per heavy atom. The SMILES string of the molecule is C1C[C@@H]2OC3CNC2N(C1)C3. The van der Waals surface area contributed by atoms with Crippen molar-refractivity contribution in [3.63, 3.8) is 0 Å². The average molecular weight is 154 g/mol. The molecule has 4 bridgehead atoms. The van der Waals surface area contributed by atoms with Crippen molar-refractivity contribution in [2.24, 2.45) is 0 Å². The maximum absolute atomic E-state index is 5.85. The van der Waals surface area contributed by atoms with Gasteiger partial charge < -0.3 is 4.74 Å². The monoisotopic (exact) mass is 154 g/mol. The normalized spacial score (nSPS) is 54.5. The lowest BCUT2D eigenvalue weighted by molar-refractivity contribution is -0.180. The molecule has 1 N–H and O–H groups in total. The Morgan fingerprint density at radius 2 is 2.45 bits per heavy atom. The minimum Gasteiger partial charge on any atom is -0.369 e. The van der Waals surface area contributed by atoms with Gasteiger partial charge in [-0.3, -0.25) is 10.2 Å². The number of fused-ring (bicyclic) bond motifs is 1. The number of nitrogens with one attached hydrogen (secondary N) is 1. The van der Waals surface area contributed by atoms with Crippen molar-refractivity contribution in [1.82, 2.24) is 10.2 Å². The third-order valence-corrected chi connectivity index (χ3v) is 3.04. The average Bonchev–Trinajstić information content (AvgIpc) is 2.05. The van der Waals surface area contributed by atoms with E-state index in [1.165, 1.54) is 19.4 Å². The van der Waals surface area contributed by atoms with Crippen LogP contribution < -0.4 is 5.32 Å². The Bertz CT molecular complexity index is 159. The zero-order valence-electron chi connectivity index (χ0n) is 6.62. The number of hydrogen-bond donors (Lipinski definition) is 1. The van der Waals surface area contributed by atoms with E-state index in [4.69, 9.17) is 4.74 Å². The second kappa shape index (κ2) is 2.19. The Balaban J connectivity index is 1.88. The highest BCUT2D eigenvalue weighted by Crippen LogP contribution is 2.28. The maximum atomic E-state index is 5.85. The van der Waals surface area contributed by atoms with Crippen LogP contribution in [-0.2, 0) is 4.74 Å². The summed E-state index contributed by atoms with van der Waals surface area (Å²) in [5.74, 6) is 0. The molecule has 4 aliphatic heterocycles. The van der Waals surface area contributed by atoms with Crippen LogP contribution in [0.3, 0.4) is 0 Å². The number of piperidine rings is 1. The van der Waals surface area contributed by atoms with Gasteiger partial charge in [-0.05, 0) is 19.4 Å². The number of nitrogens with zero attached hydrogens (tertiary/aromatic N) is 1. The number of ether oxygens (including phenoxy) is 1. The van der Waals surface area contributed by atoms with E-state index in [1.807, 2.05) is 0 Å². The molecule has 0 aliphatic carbocycles. The van der Waals surface area contributed by atoms with Crippen LogP contribution in [0.15, 0.2) is 0 Å². The first-order chi connectivity index (χ1) is 5.43. The summed E-state index contributed by atoms with van der Waals surface area (Å²) in [6.07, 6.45) is 4.09. The molecule has 3 unspecified atom stereocenters. The van der Waals surface area contributed by atoms with Crippen molar-refractivity contribution < 1.29 is 4.74 Å². The topological polar surface area (TPSA) is 24.5 Å². The van der Waals surface area contributed by atoms with Crippen LogP contribution in [-0.4, -0.2) is 42.9 Å². The number of rotatable bonds is 0. The van der Waals surface area contributed by atoms with Gasteiger partial charge in [-0.2, -0.15) is 0 Å². The van der Waals surface area contributed by atoms with Gasteiger partial charge in [0.15, 0.2) is 0 Å². The van der Waals surface area contributed by atoms with Crippen LogP contribution >= 0.6 is 0 Å². The van der Waals surface area contributed by atoms with E-state index in [-0.39, 0.29) is 0 Å². The molecule has 0 aromatic carbocycles. The zero-order valence-corrected chi connectivity index (χ0v) is 6.62. The van der Waals surface area contributed by atoms with E-state index in [0.717, 1.165) is 13.1 Å². The van der Waals surface area contributed by atoms with Crippen LogP contribution in [0.4, 0.5) is 0 Å². The summed E-state index contributed by atoms with van der Waals surface area (Å²) in [6, 6.07) is 0. The maximum Gasteiger partial charge on any atom is 0.0869 e. The molecule has 4 saturated heterocycles. The molecule has 4 atom stereocenters. The quantitative estimate of drug-likeness (QED) is 0.522. The molecule has 62 valence electrons. The van der Waals surface area contributed by atoms with Gasteiger partial charge in [0.05, 0.1) is 18.4 Å². The highest BCUT2D eigenvalue weighted by Gasteiger charge is 2.43. The van der Waals surface area contributed by atoms with Gasteiger partial charge in [-0.1, -0.05) is 0 Å².